The fourth-order valence-corrected chi connectivity index (χ4v) is 5.73. The average Bonchev–Trinajstić information content (AvgIpc) is 2.34. The van der Waals surface area contributed by atoms with E-state index in [0.717, 1.165) is 0 Å². The molecule has 0 aliphatic heterocycles. The van der Waals surface area contributed by atoms with Crippen LogP contribution in [0.25, 0.3) is 0 Å². The van der Waals surface area contributed by atoms with Crippen molar-refractivity contribution >= 4 is 7.26 Å². The topological polar surface area (TPSA) is 0 Å². The molecule has 106 valence electrons. The van der Waals surface area contributed by atoms with Gasteiger partial charge in [0.05, 0.1) is 24.6 Å². The summed E-state index contributed by atoms with van der Waals surface area (Å²) in [6.45, 7) is 9.55. The van der Waals surface area contributed by atoms with Crippen LogP contribution < -0.4 is 12.4 Å². The van der Waals surface area contributed by atoms with E-state index in [1.54, 1.807) is 6.16 Å². The summed E-state index contributed by atoms with van der Waals surface area (Å²) in [5, 5.41) is 0. The molecule has 0 heterocycles. The standard InChI is InChI=1S/C15H34P.ClH/c1-5-9-10-11-12-13-14-15-16(6-2,7-3)8-4;/h5-15H2,1-4H3;1H/q+1;/p-1. The van der Waals surface area contributed by atoms with Crippen molar-refractivity contribution in [3.8, 4) is 0 Å². The largest absolute Gasteiger partial charge is 1.00 e. The van der Waals surface area contributed by atoms with Gasteiger partial charge in [-0.25, -0.2) is 0 Å². The first-order chi connectivity index (χ1) is 7.74. The molecule has 0 aliphatic rings. The van der Waals surface area contributed by atoms with Crippen molar-refractivity contribution in [1.82, 2.24) is 0 Å². The fourth-order valence-electron chi connectivity index (χ4n) is 2.55. The molecular weight excluding hydrogens is 247 g/mol. The zero-order valence-electron chi connectivity index (χ0n) is 12.6. The van der Waals surface area contributed by atoms with Gasteiger partial charge in [-0.2, -0.15) is 0 Å². The lowest BCUT2D eigenvalue weighted by Gasteiger charge is -2.23. The first-order valence-electron chi connectivity index (χ1n) is 7.59. The smallest absolute Gasteiger partial charge is 0.0594 e. The molecule has 0 fully saturated rings. The molecule has 0 radical (unpaired) electrons. The number of halogens is 1. The Morgan fingerprint density at radius 1 is 0.588 bits per heavy atom. The van der Waals surface area contributed by atoms with Gasteiger partial charge in [0.2, 0.25) is 0 Å². The van der Waals surface area contributed by atoms with Crippen LogP contribution in [-0.4, -0.2) is 24.6 Å². The summed E-state index contributed by atoms with van der Waals surface area (Å²) in [6.07, 6.45) is 16.3. The van der Waals surface area contributed by atoms with Crippen molar-refractivity contribution in [2.24, 2.45) is 0 Å². The van der Waals surface area contributed by atoms with Crippen LogP contribution in [0.4, 0.5) is 0 Å². The van der Waals surface area contributed by atoms with Crippen molar-refractivity contribution in [2.75, 3.05) is 24.6 Å². The molecule has 2 heteroatoms. The quantitative estimate of drug-likeness (QED) is 0.403. The van der Waals surface area contributed by atoms with E-state index in [-0.39, 0.29) is 12.4 Å². The number of rotatable bonds is 11. The Kier molecular flexibility index (Phi) is 15.5. The Hall–Kier alpha value is 0.720. The molecule has 0 aliphatic carbocycles. The van der Waals surface area contributed by atoms with Crippen molar-refractivity contribution in [1.29, 1.82) is 0 Å². The lowest BCUT2D eigenvalue weighted by Crippen LogP contribution is -3.00. The average molecular weight is 281 g/mol. The third-order valence-corrected chi connectivity index (χ3v) is 9.54. The maximum atomic E-state index is 2.42. The summed E-state index contributed by atoms with van der Waals surface area (Å²) in [4.78, 5) is 0. The Labute approximate surface area is 117 Å². The summed E-state index contributed by atoms with van der Waals surface area (Å²) >= 11 is 0. The fraction of sp³-hybridized carbons (Fsp3) is 1.00. The van der Waals surface area contributed by atoms with Crippen LogP contribution >= 0.6 is 7.26 Å². The number of unbranched alkanes of at least 4 members (excludes halogenated alkanes) is 6. The highest BCUT2D eigenvalue weighted by Crippen LogP contribution is 2.58. The van der Waals surface area contributed by atoms with Gasteiger partial charge in [0.15, 0.2) is 0 Å². The molecule has 0 spiro atoms. The van der Waals surface area contributed by atoms with Crippen molar-refractivity contribution < 1.29 is 12.4 Å². The zero-order valence-corrected chi connectivity index (χ0v) is 14.3. The molecular formula is C15H34ClP. The molecule has 0 aromatic rings. The van der Waals surface area contributed by atoms with Gasteiger partial charge in [0.1, 0.15) is 0 Å². The van der Waals surface area contributed by atoms with Gasteiger partial charge in [-0.3, -0.25) is 0 Å². The minimum absolute atomic E-state index is 0. The molecule has 0 bridgehead atoms. The third-order valence-electron chi connectivity index (χ3n) is 4.25. The summed E-state index contributed by atoms with van der Waals surface area (Å²) in [5.74, 6) is 0. The maximum Gasteiger partial charge on any atom is 0.0594 e. The van der Waals surface area contributed by atoms with E-state index in [0.29, 0.717) is 0 Å². The Bertz CT molecular complexity index is 136. The van der Waals surface area contributed by atoms with Gasteiger partial charge in [-0.05, 0) is 33.6 Å². The SMILES string of the molecule is CCCCCCCCC[P+](CC)(CC)CC.[Cl-]. The molecule has 0 rings (SSSR count). The van der Waals surface area contributed by atoms with E-state index >= 15 is 0 Å². The van der Waals surface area contributed by atoms with Gasteiger partial charge in [-0.15, -0.1) is 0 Å². The highest BCUT2D eigenvalue weighted by atomic mass is 35.5. The van der Waals surface area contributed by atoms with Gasteiger partial charge >= 0.3 is 0 Å². The van der Waals surface area contributed by atoms with Crippen LogP contribution in [0.3, 0.4) is 0 Å². The Balaban J connectivity index is 0. The highest BCUT2D eigenvalue weighted by molar-refractivity contribution is 7.75. The Morgan fingerprint density at radius 2 is 1.00 bits per heavy atom. The molecule has 0 nitrogen and oxygen atoms in total. The van der Waals surface area contributed by atoms with Crippen LogP contribution in [-0.2, 0) is 0 Å². The predicted octanol–water partition coefficient (Wildman–Crippen LogP) is 2.82. The molecule has 0 aromatic heterocycles. The third kappa shape index (κ3) is 9.32. The molecule has 17 heavy (non-hydrogen) atoms. The minimum atomic E-state index is -0.500. The van der Waals surface area contributed by atoms with E-state index in [1.807, 2.05) is 0 Å². The molecule has 0 atom stereocenters. The summed E-state index contributed by atoms with van der Waals surface area (Å²) in [5.41, 5.74) is 0. The van der Waals surface area contributed by atoms with Crippen LogP contribution in [0, 0.1) is 0 Å². The molecule has 0 saturated heterocycles. The van der Waals surface area contributed by atoms with Crippen LogP contribution in [0.5, 0.6) is 0 Å². The number of hydrogen-bond donors (Lipinski definition) is 0. The highest BCUT2D eigenvalue weighted by Gasteiger charge is 2.29. The monoisotopic (exact) mass is 280 g/mol. The van der Waals surface area contributed by atoms with E-state index in [9.17, 15) is 0 Å². The van der Waals surface area contributed by atoms with Crippen LogP contribution in [0.1, 0.15) is 72.6 Å². The van der Waals surface area contributed by atoms with Crippen molar-refractivity contribution in [3.63, 3.8) is 0 Å². The second-order valence-corrected chi connectivity index (χ2v) is 10.2. The summed E-state index contributed by atoms with van der Waals surface area (Å²) < 4.78 is 0. The van der Waals surface area contributed by atoms with Crippen molar-refractivity contribution in [3.05, 3.63) is 0 Å². The Morgan fingerprint density at radius 3 is 1.41 bits per heavy atom. The molecule has 0 N–H and O–H groups in total. The first kappa shape index (κ1) is 20.0. The van der Waals surface area contributed by atoms with E-state index < -0.39 is 7.26 Å². The van der Waals surface area contributed by atoms with E-state index in [1.165, 1.54) is 63.4 Å². The maximum absolute atomic E-state index is 2.42. The normalized spacial score (nSPS) is 11.3. The first-order valence-corrected chi connectivity index (χ1v) is 10.1. The van der Waals surface area contributed by atoms with Gasteiger partial charge in [0, 0.05) is 7.26 Å². The molecule has 0 aromatic carbocycles. The van der Waals surface area contributed by atoms with Crippen LogP contribution in [0.15, 0.2) is 0 Å². The summed E-state index contributed by atoms with van der Waals surface area (Å²) in [7, 11) is -0.500. The minimum Gasteiger partial charge on any atom is -1.00 e. The zero-order chi connectivity index (χ0) is 12.3. The van der Waals surface area contributed by atoms with E-state index in [2.05, 4.69) is 27.7 Å². The van der Waals surface area contributed by atoms with Gasteiger partial charge < -0.3 is 12.4 Å². The predicted molar refractivity (Wildman–Crippen MR) is 81.4 cm³/mol. The van der Waals surface area contributed by atoms with E-state index in [4.69, 9.17) is 0 Å². The lowest BCUT2D eigenvalue weighted by atomic mass is 10.1. The van der Waals surface area contributed by atoms with Gasteiger partial charge in [0.25, 0.3) is 0 Å². The molecule has 0 amide bonds. The molecule has 0 unspecified atom stereocenters. The van der Waals surface area contributed by atoms with Crippen LogP contribution in [0.2, 0.25) is 0 Å². The summed E-state index contributed by atoms with van der Waals surface area (Å²) in [6, 6.07) is 0. The second-order valence-electron chi connectivity index (χ2n) is 5.14. The van der Waals surface area contributed by atoms with Gasteiger partial charge in [-0.1, -0.05) is 39.0 Å². The number of hydrogen-bond acceptors (Lipinski definition) is 0. The molecule has 0 saturated carbocycles. The lowest BCUT2D eigenvalue weighted by molar-refractivity contribution is -0.00000377. The van der Waals surface area contributed by atoms with Crippen molar-refractivity contribution in [2.45, 2.75) is 72.6 Å². The second kappa shape index (κ2) is 13.2.